The first-order chi connectivity index (χ1) is 14.4. The summed E-state index contributed by atoms with van der Waals surface area (Å²) in [4.78, 5) is 26.7. The summed E-state index contributed by atoms with van der Waals surface area (Å²) in [6, 6.07) is 6.63. The van der Waals surface area contributed by atoms with Gasteiger partial charge in [-0.05, 0) is 36.7 Å². The van der Waals surface area contributed by atoms with Crippen molar-refractivity contribution in [2.24, 2.45) is 15.9 Å². The number of amides is 1. The van der Waals surface area contributed by atoms with E-state index in [1.807, 2.05) is 11.1 Å². The molecule has 2 fully saturated rings. The zero-order valence-electron chi connectivity index (χ0n) is 16.9. The quantitative estimate of drug-likeness (QED) is 0.767. The van der Waals surface area contributed by atoms with Crippen LogP contribution in [0.15, 0.2) is 51.4 Å². The summed E-state index contributed by atoms with van der Waals surface area (Å²) < 4.78 is 23.3. The van der Waals surface area contributed by atoms with Crippen molar-refractivity contribution in [3.8, 4) is 0 Å². The Labute approximate surface area is 176 Å². The van der Waals surface area contributed by atoms with Gasteiger partial charge in [0.2, 0.25) is 5.91 Å². The number of hydrogen-bond acceptors (Lipinski definition) is 7. The molecule has 5 rings (SSSR count). The van der Waals surface area contributed by atoms with Crippen molar-refractivity contribution in [2.45, 2.75) is 35.9 Å². The van der Waals surface area contributed by atoms with Gasteiger partial charge in [-0.25, -0.2) is 13.4 Å². The van der Waals surface area contributed by atoms with Crippen LogP contribution in [0.25, 0.3) is 0 Å². The molecule has 2 unspecified atom stereocenters. The lowest BCUT2D eigenvalue weighted by atomic mass is 10.0. The van der Waals surface area contributed by atoms with Gasteiger partial charge in [0.15, 0.2) is 9.84 Å². The smallest absolute Gasteiger partial charge is 0.227 e. The molecule has 1 saturated carbocycles. The highest BCUT2D eigenvalue weighted by atomic mass is 32.2. The minimum absolute atomic E-state index is 0.0296. The third-order valence-corrected chi connectivity index (χ3v) is 7.61. The van der Waals surface area contributed by atoms with Gasteiger partial charge in [-0.1, -0.05) is 18.2 Å². The van der Waals surface area contributed by atoms with Gasteiger partial charge >= 0.3 is 0 Å². The number of benzene rings is 1. The normalized spacial score (nSPS) is 27.0. The molecule has 158 valence electrons. The SMILES string of the molecule is CS(=O)(=O)c1ccc(CC(=O)N2CCN(C3N=CN=C4NC=CC43)CC23CC3)cc1. The van der Waals surface area contributed by atoms with Gasteiger partial charge in [0, 0.05) is 25.9 Å². The maximum absolute atomic E-state index is 13.1. The zero-order valence-corrected chi connectivity index (χ0v) is 17.7. The summed E-state index contributed by atoms with van der Waals surface area (Å²) in [5.74, 6) is 1.20. The average molecular weight is 428 g/mol. The van der Waals surface area contributed by atoms with Gasteiger partial charge in [-0.15, -0.1) is 0 Å². The molecule has 1 N–H and O–H groups in total. The van der Waals surface area contributed by atoms with E-state index < -0.39 is 9.84 Å². The molecule has 9 heteroatoms. The summed E-state index contributed by atoms with van der Waals surface area (Å²) >= 11 is 0. The largest absolute Gasteiger partial charge is 0.350 e. The van der Waals surface area contributed by atoms with Crippen LogP contribution in [0.2, 0.25) is 0 Å². The van der Waals surface area contributed by atoms with Gasteiger partial charge in [0.25, 0.3) is 0 Å². The highest BCUT2D eigenvalue weighted by Gasteiger charge is 2.54. The number of fused-ring (bicyclic) bond motifs is 1. The number of carbonyl (C=O) groups excluding carboxylic acids is 1. The van der Waals surface area contributed by atoms with Crippen LogP contribution in [0, 0.1) is 5.92 Å². The Hall–Kier alpha value is -2.52. The van der Waals surface area contributed by atoms with Crippen LogP contribution >= 0.6 is 0 Å². The van der Waals surface area contributed by atoms with E-state index in [0.29, 0.717) is 13.0 Å². The second-order valence-corrected chi connectivity index (χ2v) is 10.6. The second kappa shape index (κ2) is 7.02. The van der Waals surface area contributed by atoms with Crippen molar-refractivity contribution in [1.82, 2.24) is 15.1 Å². The fourth-order valence-corrected chi connectivity index (χ4v) is 5.32. The van der Waals surface area contributed by atoms with E-state index in [4.69, 9.17) is 0 Å². The molecule has 4 aliphatic rings. The number of aliphatic imine (C=N–C) groups is 2. The Morgan fingerprint density at radius 3 is 2.70 bits per heavy atom. The predicted molar refractivity (Wildman–Crippen MR) is 114 cm³/mol. The molecule has 2 atom stereocenters. The average Bonchev–Trinajstić information content (AvgIpc) is 3.29. The van der Waals surface area contributed by atoms with Gasteiger partial charge < -0.3 is 10.2 Å². The van der Waals surface area contributed by atoms with E-state index in [0.717, 1.165) is 37.3 Å². The lowest BCUT2D eigenvalue weighted by Gasteiger charge is -2.45. The monoisotopic (exact) mass is 427 g/mol. The lowest BCUT2D eigenvalue weighted by molar-refractivity contribution is -0.137. The van der Waals surface area contributed by atoms with Crippen LogP contribution < -0.4 is 5.32 Å². The van der Waals surface area contributed by atoms with Crippen LogP contribution in [-0.4, -0.2) is 73.9 Å². The molecule has 0 aromatic heterocycles. The third kappa shape index (κ3) is 3.45. The minimum Gasteiger partial charge on any atom is -0.350 e. The molecule has 0 bridgehead atoms. The molecule has 8 nitrogen and oxygen atoms in total. The van der Waals surface area contributed by atoms with E-state index in [2.05, 4.69) is 26.3 Å². The second-order valence-electron chi connectivity index (χ2n) is 8.55. The summed E-state index contributed by atoms with van der Waals surface area (Å²) in [6.07, 6.45) is 9.20. The maximum atomic E-state index is 13.1. The summed E-state index contributed by atoms with van der Waals surface area (Å²) in [5.41, 5.74) is 0.743. The molecule has 1 spiro atoms. The third-order valence-electron chi connectivity index (χ3n) is 6.48. The predicted octanol–water partition coefficient (Wildman–Crippen LogP) is 0.809. The molecule has 1 aliphatic carbocycles. The highest BCUT2D eigenvalue weighted by Crippen LogP contribution is 2.45. The lowest BCUT2D eigenvalue weighted by Crippen LogP contribution is -2.60. The Bertz CT molecular complexity index is 1060. The van der Waals surface area contributed by atoms with E-state index in [-0.39, 0.29) is 28.4 Å². The number of rotatable bonds is 4. The van der Waals surface area contributed by atoms with E-state index in [9.17, 15) is 13.2 Å². The number of sulfone groups is 1. The van der Waals surface area contributed by atoms with E-state index in [1.165, 1.54) is 6.26 Å². The number of amidine groups is 1. The van der Waals surface area contributed by atoms with Crippen molar-refractivity contribution in [3.63, 3.8) is 0 Å². The molecular formula is C21H25N5O3S. The van der Waals surface area contributed by atoms with Crippen molar-refractivity contribution in [3.05, 3.63) is 42.1 Å². The first-order valence-corrected chi connectivity index (χ1v) is 12.1. The standard InChI is InChI=1S/C21H25N5O3S/c1-30(28,29)16-4-2-15(3-5-16)12-18(27)26-11-10-25(13-21(26)7-8-21)20-17-6-9-22-19(17)23-14-24-20/h2-6,9,14,17,20H,7-8,10-13H2,1H3,(H,22,23,24). The Morgan fingerprint density at radius 1 is 1.23 bits per heavy atom. The van der Waals surface area contributed by atoms with Crippen molar-refractivity contribution >= 4 is 27.9 Å². The molecule has 1 aromatic rings. The minimum atomic E-state index is -3.23. The number of nitrogens with one attached hydrogen (secondary N) is 1. The van der Waals surface area contributed by atoms with Gasteiger partial charge in [-0.3, -0.25) is 14.7 Å². The zero-order chi connectivity index (χ0) is 20.9. The van der Waals surface area contributed by atoms with Gasteiger partial charge in [0.05, 0.1) is 22.8 Å². The summed E-state index contributed by atoms with van der Waals surface area (Å²) in [7, 11) is -3.23. The van der Waals surface area contributed by atoms with Crippen LogP contribution in [0.1, 0.15) is 18.4 Å². The molecule has 0 radical (unpaired) electrons. The molecule has 3 aliphatic heterocycles. The number of nitrogens with zero attached hydrogens (tertiary/aromatic N) is 4. The number of hydrogen-bond donors (Lipinski definition) is 1. The molecule has 1 aromatic carbocycles. The highest BCUT2D eigenvalue weighted by molar-refractivity contribution is 7.90. The Kier molecular flexibility index (Phi) is 4.55. The fourth-order valence-electron chi connectivity index (χ4n) is 4.69. The molecule has 1 saturated heterocycles. The maximum Gasteiger partial charge on any atom is 0.227 e. The van der Waals surface area contributed by atoms with Gasteiger partial charge in [-0.2, -0.15) is 0 Å². The summed E-state index contributed by atoms with van der Waals surface area (Å²) in [6.45, 7) is 2.29. The van der Waals surface area contributed by atoms with Crippen LogP contribution in [0.4, 0.5) is 0 Å². The Balaban J connectivity index is 1.26. The fraction of sp³-hybridized carbons (Fsp3) is 0.476. The first kappa shape index (κ1) is 19.4. The van der Waals surface area contributed by atoms with E-state index in [1.54, 1.807) is 30.6 Å². The van der Waals surface area contributed by atoms with E-state index >= 15 is 0 Å². The first-order valence-electron chi connectivity index (χ1n) is 10.2. The van der Waals surface area contributed by atoms with Crippen molar-refractivity contribution in [2.75, 3.05) is 25.9 Å². The Morgan fingerprint density at radius 2 is 2.00 bits per heavy atom. The molecular weight excluding hydrogens is 402 g/mol. The van der Waals surface area contributed by atoms with Crippen molar-refractivity contribution in [1.29, 1.82) is 0 Å². The molecule has 1 amide bonds. The van der Waals surface area contributed by atoms with Gasteiger partial charge in [0.1, 0.15) is 18.3 Å². The number of piperazine rings is 1. The van der Waals surface area contributed by atoms with Crippen LogP contribution in [-0.2, 0) is 21.1 Å². The number of carbonyl (C=O) groups is 1. The molecule has 3 heterocycles. The van der Waals surface area contributed by atoms with Crippen LogP contribution in [0.5, 0.6) is 0 Å². The van der Waals surface area contributed by atoms with Crippen LogP contribution in [0.3, 0.4) is 0 Å². The topological polar surface area (TPSA) is 94.4 Å². The molecule has 30 heavy (non-hydrogen) atoms. The summed E-state index contributed by atoms with van der Waals surface area (Å²) in [5, 5.41) is 3.18. The van der Waals surface area contributed by atoms with Crippen molar-refractivity contribution < 1.29 is 13.2 Å².